The van der Waals surface area contributed by atoms with E-state index in [1.54, 1.807) is 0 Å². The van der Waals surface area contributed by atoms with Crippen molar-refractivity contribution >= 4 is 0 Å². The predicted octanol–water partition coefficient (Wildman–Crippen LogP) is 2.20. The molecule has 0 atom stereocenters. The molecule has 0 amide bonds. The molecule has 1 nitrogen and oxygen atoms in total. The molecule has 0 N–H and O–H groups in total. The molecule has 1 heterocycles. The van der Waals surface area contributed by atoms with Gasteiger partial charge >= 0.3 is 0 Å². The van der Waals surface area contributed by atoms with Crippen LogP contribution in [-0.4, -0.2) is 18.0 Å². The second-order valence-corrected chi connectivity index (χ2v) is 3.62. The van der Waals surface area contributed by atoms with Crippen molar-refractivity contribution in [3.05, 3.63) is 35.4 Å². The third kappa shape index (κ3) is 1.67. The summed E-state index contributed by atoms with van der Waals surface area (Å²) in [7, 11) is 0. The van der Waals surface area contributed by atoms with Crippen LogP contribution >= 0.6 is 0 Å². The predicted molar refractivity (Wildman–Crippen MR) is 51.1 cm³/mol. The van der Waals surface area contributed by atoms with Gasteiger partial charge in [0.15, 0.2) is 0 Å². The van der Waals surface area contributed by atoms with Gasteiger partial charge in [-0.2, -0.15) is 0 Å². The normalized spacial score (nSPS) is 17.4. The molecule has 1 aromatic rings. The van der Waals surface area contributed by atoms with Gasteiger partial charge in [0.1, 0.15) is 0 Å². The minimum Gasteiger partial charge on any atom is -0.299 e. The van der Waals surface area contributed by atoms with E-state index in [1.807, 2.05) is 0 Å². The van der Waals surface area contributed by atoms with E-state index in [0.29, 0.717) is 0 Å². The standard InChI is InChI=1S/C11H15N/c1-10-4-2-5-11(8-10)9-12-6-3-7-12/h2,4-5,8H,3,6-7,9H2,1H3. The van der Waals surface area contributed by atoms with Crippen LogP contribution in [0.4, 0.5) is 0 Å². The number of hydrogen-bond donors (Lipinski definition) is 0. The number of rotatable bonds is 2. The first kappa shape index (κ1) is 7.81. The molecule has 0 aromatic heterocycles. The molecule has 2 rings (SSSR count). The Bertz CT molecular complexity index is 263. The maximum atomic E-state index is 2.48. The van der Waals surface area contributed by atoms with Crippen LogP contribution in [0.1, 0.15) is 17.5 Å². The summed E-state index contributed by atoms with van der Waals surface area (Å²) in [6, 6.07) is 8.79. The van der Waals surface area contributed by atoms with Crippen LogP contribution in [0.3, 0.4) is 0 Å². The van der Waals surface area contributed by atoms with E-state index in [2.05, 4.69) is 36.1 Å². The van der Waals surface area contributed by atoms with Gasteiger partial charge in [0.2, 0.25) is 0 Å². The summed E-state index contributed by atoms with van der Waals surface area (Å²) in [4.78, 5) is 2.48. The van der Waals surface area contributed by atoms with Crippen molar-refractivity contribution < 1.29 is 0 Å². The minimum atomic E-state index is 1.14. The van der Waals surface area contributed by atoms with Crippen LogP contribution in [-0.2, 0) is 6.54 Å². The highest BCUT2D eigenvalue weighted by molar-refractivity contribution is 5.22. The lowest BCUT2D eigenvalue weighted by molar-refractivity contribution is 0.172. The number of hydrogen-bond acceptors (Lipinski definition) is 1. The summed E-state index contributed by atoms with van der Waals surface area (Å²) in [5.41, 5.74) is 2.82. The number of likely N-dealkylation sites (tertiary alicyclic amines) is 1. The summed E-state index contributed by atoms with van der Waals surface area (Å²) in [5.74, 6) is 0. The van der Waals surface area contributed by atoms with Gasteiger partial charge in [-0.15, -0.1) is 0 Å². The van der Waals surface area contributed by atoms with Crippen molar-refractivity contribution in [1.29, 1.82) is 0 Å². The Morgan fingerprint density at radius 1 is 1.33 bits per heavy atom. The lowest BCUT2D eigenvalue weighted by Gasteiger charge is -2.30. The van der Waals surface area contributed by atoms with Crippen molar-refractivity contribution in [3.8, 4) is 0 Å². The molecule has 0 radical (unpaired) electrons. The Morgan fingerprint density at radius 2 is 2.17 bits per heavy atom. The highest BCUT2D eigenvalue weighted by Crippen LogP contribution is 2.12. The maximum Gasteiger partial charge on any atom is 0.0233 e. The third-order valence-electron chi connectivity index (χ3n) is 2.44. The molecule has 0 spiro atoms. The van der Waals surface area contributed by atoms with Gasteiger partial charge in [-0.1, -0.05) is 29.8 Å². The van der Waals surface area contributed by atoms with Crippen LogP contribution in [0.15, 0.2) is 24.3 Å². The second kappa shape index (κ2) is 3.28. The Kier molecular flexibility index (Phi) is 2.13. The van der Waals surface area contributed by atoms with Gasteiger partial charge in [-0.3, -0.25) is 4.90 Å². The van der Waals surface area contributed by atoms with Crippen molar-refractivity contribution in [2.75, 3.05) is 13.1 Å². The molecular weight excluding hydrogens is 146 g/mol. The van der Waals surface area contributed by atoms with Crippen molar-refractivity contribution in [3.63, 3.8) is 0 Å². The summed E-state index contributed by atoms with van der Waals surface area (Å²) in [6.45, 7) is 5.86. The van der Waals surface area contributed by atoms with E-state index in [1.165, 1.54) is 30.6 Å². The van der Waals surface area contributed by atoms with Gasteiger partial charge in [0.05, 0.1) is 0 Å². The molecule has 1 fully saturated rings. The Hall–Kier alpha value is -0.820. The van der Waals surface area contributed by atoms with Crippen molar-refractivity contribution in [2.24, 2.45) is 0 Å². The van der Waals surface area contributed by atoms with Crippen LogP contribution in [0, 0.1) is 6.92 Å². The summed E-state index contributed by atoms with van der Waals surface area (Å²) in [5, 5.41) is 0. The van der Waals surface area contributed by atoms with Gasteiger partial charge in [-0.25, -0.2) is 0 Å². The molecular formula is C11H15N. The van der Waals surface area contributed by atoms with E-state index in [-0.39, 0.29) is 0 Å². The van der Waals surface area contributed by atoms with E-state index >= 15 is 0 Å². The fourth-order valence-electron chi connectivity index (χ4n) is 1.61. The van der Waals surface area contributed by atoms with Crippen LogP contribution < -0.4 is 0 Å². The van der Waals surface area contributed by atoms with E-state index in [4.69, 9.17) is 0 Å². The van der Waals surface area contributed by atoms with Crippen LogP contribution in [0.2, 0.25) is 0 Å². The minimum absolute atomic E-state index is 1.14. The van der Waals surface area contributed by atoms with E-state index < -0.39 is 0 Å². The molecule has 1 aliphatic heterocycles. The van der Waals surface area contributed by atoms with E-state index in [9.17, 15) is 0 Å². The molecule has 1 aliphatic rings. The molecule has 0 bridgehead atoms. The van der Waals surface area contributed by atoms with Crippen molar-refractivity contribution in [1.82, 2.24) is 4.90 Å². The van der Waals surface area contributed by atoms with Gasteiger partial charge < -0.3 is 0 Å². The quantitative estimate of drug-likeness (QED) is 0.642. The van der Waals surface area contributed by atoms with Gasteiger partial charge in [0.25, 0.3) is 0 Å². The fourth-order valence-corrected chi connectivity index (χ4v) is 1.61. The molecule has 0 aliphatic carbocycles. The molecule has 64 valence electrons. The molecule has 1 aromatic carbocycles. The third-order valence-corrected chi connectivity index (χ3v) is 2.44. The summed E-state index contributed by atoms with van der Waals surface area (Å²) in [6.07, 6.45) is 1.38. The SMILES string of the molecule is Cc1cccc(CN2CCC2)c1. The van der Waals surface area contributed by atoms with E-state index in [0.717, 1.165) is 6.54 Å². The topological polar surface area (TPSA) is 3.24 Å². The highest BCUT2D eigenvalue weighted by Gasteiger charge is 2.13. The average molecular weight is 161 g/mol. The molecule has 12 heavy (non-hydrogen) atoms. The van der Waals surface area contributed by atoms with Crippen LogP contribution in [0.5, 0.6) is 0 Å². The average Bonchev–Trinajstić information content (AvgIpc) is 1.97. The highest BCUT2D eigenvalue weighted by atomic mass is 15.2. The molecule has 0 unspecified atom stereocenters. The zero-order valence-corrected chi connectivity index (χ0v) is 7.59. The van der Waals surface area contributed by atoms with Crippen LogP contribution in [0.25, 0.3) is 0 Å². The lowest BCUT2D eigenvalue weighted by atomic mass is 10.1. The summed E-state index contributed by atoms with van der Waals surface area (Å²) < 4.78 is 0. The zero-order chi connectivity index (χ0) is 8.39. The Labute approximate surface area is 74.0 Å². The number of aryl methyl sites for hydroxylation is 1. The Balaban J connectivity index is 2.02. The first-order valence-corrected chi connectivity index (χ1v) is 4.62. The van der Waals surface area contributed by atoms with Gasteiger partial charge in [0, 0.05) is 6.54 Å². The first-order chi connectivity index (χ1) is 5.84. The van der Waals surface area contributed by atoms with Crippen molar-refractivity contribution in [2.45, 2.75) is 19.9 Å². The smallest absolute Gasteiger partial charge is 0.0233 e. The number of nitrogens with zero attached hydrogens (tertiary/aromatic N) is 1. The lowest BCUT2D eigenvalue weighted by Crippen LogP contribution is -2.36. The maximum absolute atomic E-state index is 2.48. The Morgan fingerprint density at radius 3 is 2.75 bits per heavy atom. The largest absolute Gasteiger partial charge is 0.299 e. The molecule has 0 saturated carbocycles. The monoisotopic (exact) mass is 161 g/mol. The molecule has 1 saturated heterocycles. The second-order valence-electron chi connectivity index (χ2n) is 3.62. The first-order valence-electron chi connectivity index (χ1n) is 4.62. The fraction of sp³-hybridized carbons (Fsp3) is 0.455. The van der Waals surface area contributed by atoms with Gasteiger partial charge in [-0.05, 0) is 32.0 Å². The zero-order valence-electron chi connectivity index (χ0n) is 7.59. The molecule has 1 heteroatoms. The number of benzene rings is 1. The summed E-state index contributed by atoms with van der Waals surface area (Å²) >= 11 is 0.